The van der Waals surface area contributed by atoms with Crippen molar-refractivity contribution < 1.29 is 0 Å². The predicted octanol–water partition coefficient (Wildman–Crippen LogP) is 2.50. The molecule has 1 aromatic rings. The molecule has 0 saturated heterocycles. The maximum Gasteiger partial charge on any atom is 0.0303 e. The smallest absolute Gasteiger partial charge is 0.0303 e. The number of hydrogen-bond donors (Lipinski definition) is 1. The quantitative estimate of drug-likeness (QED) is 0.697. The van der Waals surface area contributed by atoms with Crippen molar-refractivity contribution in [3.8, 4) is 0 Å². The van der Waals surface area contributed by atoms with Gasteiger partial charge in [-0.2, -0.15) is 0 Å². The van der Waals surface area contributed by atoms with Crippen molar-refractivity contribution in [2.75, 3.05) is 0 Å². The van der Waals surface area contributed by atoms with Crippen LogP contribution in [-0.4, -0.2) is 0 Å². The molecule has 13 heavy (non-hydrogen) atoms. The monoisotopic (exact) mass is 175 g/mol. The normalized spacial score (nSPS) is 20.4. The lowest BCUT2D eigenvalue weighted by molar-refractivity contribution is 0.707. The summed E-state index contributed by atoms with van der Waals surface area (Å²) in [5.41, 5.74) is 11.9. The van der Waals surface area contributed by atoms with Crippen LogP contribution in [0, 0.1) is 6.92 Å². The molecule has 2 N–H and O–H groups in total. The van der Waals surface area contributed by atoms with Gasteiger partial charge in [-0.05, 0) is 48.4 Å². The summed E-state index contributed by atoms with van der Waals surface area (Å²) in [6, 6.07) is 4.77. The van der Waals surface area contributed by atoms with Crippen LogP contribution < -0.4 is 5.73 Å². The highest BCUT2D eigenvalue weighted by Crippen LogP contribution is 2.33. The highest BCUT2D eigenvalue weighted by Gasteiger charge is 2.22. The maximum atomic E-state index is 6.09. The molecule has 0 unspecified atom stereocenters. The van der Waals surface area contributed by atoms with Crippen LogP contribution in [0.2, 0.25) is 0 Å². The zero-order valence-electron chi connectivity index (χ0n) is 8.43. The highest BCUT2D eigenvalue weighted by molar-refractivity contribution is 5.45. The van der Waals surface area contributed by atoms with Gasteiger partial charge in [0.1, 0.15) is 0 Å². The number of rotatable bonds is 1. The van der Waals surface area contributed by atoms with Gasteiger partial charge in [-0.3, -0.25) is 0 Å². The summed E-state index contributed by atoms with van der Waals surface area (Å²) in [7, 11) is 0. The van der Waals surface area contributed by atoms with Crippen molar-refractivity contribution in [2.45, 2.75) is 39.2 Å². The van der Waals surface area contributed by atoms with Crippen molar-refractivity contribution in [1.29, 1.82) is 0 Å². The standard InChI is InChI=1S/C12H17N/c1-3-10-8(2)4-5-9-6-7-11(13)12(9)10/h4-5,11H,3,6-7,13H2,1-2H3/t11-/m0/s1. The minimum absolute atomic E-state index is 0.296. The molecule has 0 aromatic heterocycles. The Morgan fingerprint density at radius 2 is 2.23 bits per heavy atom. The molecule has 1 aromatic carbocycles. The Bertz CT molecular complexity index is 328. The number of fused-ring (bicyclic) bond motifs is 1. The largest absolute Gasteiger partial charge is 0.324 e. The molecule has 0 heterocycles. The first-order valence-corrected chi connectivity index (χ1v) is 5.11. The third-order valence-electron chi connectivity index (χ3n) is 3.13. The Kier molecular flexibility index (Phi) is 2.12. The molecule has 1 aliphatic carbocycles. The van der Waals surface area contributed by atoms with Crippen LogP contribution in [0.15, 0.2) is 12.1 Å². The van der Waals surface area contributed by atoms with Crippen molar-refractivity contribution in [1.82, 2.24) is 0 Å². The summed E-state index contributed by atoms with van der Waals surface area (Å²) in [6.45, 7) is 4.40. The summed E-state index contributed by atoms with van der Waals surface area (Å²) in [6.07, 6.45) is 3.41. The lowest BCUT2D eigenvalue weighted by Crippen LogP contribution is -2.09. The van der Waals surface area contributed by atoms with E-state index in [4.69, 9.17) is 5.73 Å². The molecular weight excluding hydrogens is 158 g/mol. The van der Waals surface area contributed by atoms with Crippen LogP contribution in [0.4, 0.5) is 0 Å². The first-order valence-electron chi connectivity index (χ1n) is 5.11. The summed E-state index contributed by atoms with van der Waals surface area (Å²) in [5, 5.41) is 0. The van der Waals surface area contributed by atoms with E-state index >= 15 is 0 Å². The van der Waals surface area contributed by atoms with Crippen molar-refractivity contribution in [3.63, 3.8) is 0 Å². The van der Waals surface area contributed by atoms with E-state index in [1.807, 2.05) is 0 Å². The molecule has 1 atom stereocenters. The lowest BCUT2D eigenvalue weighted by atomic mass is 9.95. The Morgan fingerprint density at radius 1 is 1.46 bits per heavy atom. The Morgan fingerprint density at radius 3 is 2.92 bits per heavy atom. The van der Waals surface area contributed by atoms with Gasteiger partial charge < -0.3 is 5.73 Å². The molecule has 1 nitrogen and oxygen atoms in total. The predicted molar refractivity (Wildman–Crippen MR) is 55.8 cm³/mol. The molecule has 1 aliphatic rings. The van der Waals surface area contributed by atoms with Gasteiger partial charge in [-0.1, -0.05) is 19.1 Å². The first-order chi connectivity index (χ1) is 6.24. The second kappa shape index (κ2) is 3.15. The minimum Gasteiger partial charge on any atom is -0.324 e. The molecule has 0 fully saturated rings. The van der Waals surface area contributed by atoms with Crippen LogP contribution in [0.3, 0.4) is 0 Å². The van der Waals surface area contributed by atoms with E-state index in [0.717, 1.165) is 12.8 Å². The zero-order valence-corrected chi connectivity index (χ0v) is 8.43. The topological polar surface area (TPSA) is 26.0 Å². The summed E-state index contributed by atoms with van der Waals surface area (Å²) < 4.78 is 0. The fourth-order valence-electron chi connectivity index (χ4n) is 2.43. The van der Waals surface area contributed by atoms with E-state index in [0.29, 0.717) is 6.04 Å². The van der Waals surface area contributed by atoms with Gasteiger partial charge in [-0.25, -0.2) is 0 Å². The number of hydrogen-bond acceptors (Lipinski definition) is 1. The van der Waals surface area contributed by atoms with Crippen molar-refractivity contribution in [2.24, 2.45) is 5.73 Å². The lowest BCUT2D eigenvalue weighted by Gasteiger charge is -2.13. The maximum absolute atomic E-state index is 6.09. The second-order valence-corrected chi connectivity index (χ2v) is 3.93. The van der Waals surface area contributed by atoms with Crippen molar-refractivity contribution >= 4 is 0 Å². The van der Waals surface area contributed by atoms with Crippen molar-refractivity contribution in [3.05, 3.63) is 34.4 Å². The molecular formula is C12H17N. The zero-order chi connectivity index (χ0) is 9.42. The van der Waals surface area contributed by atoms with E-state index in [9.17, 15) is 0 Å². The van der Waals surface area contributed by atoms with E-state index in [-0.39, 0.29) is 0 Å². The van der Waals surface area contributed by atoms with Gasteiger partial charge in [0.25, 0.3) is 0 Å². The molecule has 70 valence electrons. The van der Waals surface area contributed by atoms with Crippen LogP contribution in [0.5, 0.6) is 0 Å². The summed E-state index contributed by atoms with van der Waals surface area (Å²) >= 11 is 0. The van der Waals surface area contributed by atoms with Crippen LogP contribution in [0.1, 0.15) is 41.6 Å². The second-order valence-electron chi connectivity index (χ2n) is 3.93. The average molecular weight is 175 g/mol. The van der Waals surface area contributed by atoms with E-state index in [2.05, 4.69) is 26.0 Å². The molecule has 0 radical (unpaired) electrons. The van der Waals surface area contributed by atoms with Gasteiger partial charge >= 0.3 is 0 Å². The Balaban J connectivity index is 2.60. The fourth-order valence-corrected chi connectivity index (χ4v) is 2.43. The highest BCUT2D eigenvalue weighted by atomic mass is 14.6. The molecule has 0 amide bonds. The van der Waals surface area contributed by atoms with Crippen LogP contribution >= 0.6 is 0 Å². The third kappa shape index (κ3) is 1.28. The van der Waals surface area contributed by atoms with Gasteiger partial charge in [0.15, 0.2) is 0 Å². The fraction of sp³-hybridized carbons (Fsp3) is 0.500. The average Bonchev–Trinajstić information content (AvgIpc) is 2.49. The van der Waals surface area contributed by atoms with Crippen LogP contribution in [-0.2, 0) is 12.8 Å². The molecule has 0 bridgehead atoms. The number of aryl methyl sites for hydroxylation is 2. The van der Waals surface area contributed by atoms with E-state index < -0.39 is 0 Å². The first kappa shape index (κ1) is 8.76. The molecule has 1 heteroatoms. The third-order valence-corrected chi connectivity index (χ3v) is 3.13. The minimum atomic E-state index is 0.296. The van der Waals surface area contributed by atoms with E-state index in [1.54, 1.807) is 0 Å². The molecule has 0 spiro atoms. The summed E-state index contributed by atoms with van der Waals surface area (Å²) in [5.74, 6) is 0. The Hall–Kier alpha value is -0.820. The molecule has 0 aliphatic heterocycles. The van der Waals surface area contributed by atoms with Crippen LogP contribution in [0.25, 0.3) is 0 Å². The number of benzene rings is 1. The van der Waals surface area contributed by atoms with Gasteiger partial charge in [0.05, 0.1) is 0 Å². The summed E-state index contributed by atoms with van der Waals surface area (Å²) in [4.78, 5) is 0. The molecule has 2 rings (SSSR count). The van der Waals surface area contributed by atoms with E-state index in [1.165, 1.54) is 28.7 Å². The number of nitrogens with two attached hydrogens (primary N) is 1. The van der Waals surface area contributed by atoms with Gasteiger partial charge in [0, 0.05) is 6.04 Å². The SMILES string of the molecule is CCc1c(C)ccc2c1[C@@H](N)CC2. The van der Waals surface area contributed by atoms with Gasteiger partial charge in [-0.15, -0.1) is 0 Å². The molecule has 0 saturated carbocycles. The Labute approximate surface area is 80.0 Å². The van der Waals surface area contributed by atoms with Gasteiger partial charge in [0.2, 0.25) is 0 Å².